The Labute approximate surface area is 176 Å². The molecule has 0 aliphatic carbocycles. The Bertz CT molecular complexity index is 821. The predicted molar refractivity (Wildman–Crippen MR) is 117 cm³/mol. The van der Waals surface area contributed by atoms with Gasteiger partial charge < -0.3 is 19.9 Å². The van der Waals surface area contributed by atoms with E-state index in [1.54, 1.807) is 24.3 Å². The number of benzene rings is 2. The molecule has 5 nitrogen and oxygen atoms in total. The van der Waals surface area contributed by atoms with Crippen molar-refractivity contribution in [2.45, 2.75) is 6.92 Å². The van der Waals surface area contributed by atoms with Crippen molar-refractivity contribution in [2.75, 3.05) is 44.6 Å². The number of halogens is 1. The van der Waals surface area contributed by atoms with Crippen LogP contribution in [0.4, 0.5) is 5.69 Å². The highest BCUT2D eigenvalue weighted by Crippen LogP contribution is 2.17. The number of thiocarbonyl (C=S) groups is 1. The van der Waals surface area contributed by atoms with E-state index in [0.717, 1.165) is 43.3 Å². The second kappa shape index (κ2) is 9.87. The van der Waals surface area contributed by atoms with Crippen LogP contribution in [-0.2, 0) is 4.79 Å². The molecule has 28 heavy (non-hydrogen) atoms. The average Bonchev–Trinajstić information content (AvgIpc) is 2.72. The van der Waals surface area contributed by atoms with E-state index in [9.17, 15) is 4.79 Å². The third-order valence-corrected chi connectivity index (χ3v) is 5.42. The van der Waals surface area contributed by atoms with Crippen LogP contribution in [0.15, 0.2) is 48.5 Å². The number of piperazine rings is 1. The summed E-state index contributed by atoms with van der Waals surface area (Å²) in [6.45, 7) is 7.18. The fraction of sp³-hybridized carbons (Fsp3) is 0.333. The van der Waals surface area contributed by atoms with Crippen LogP contribution < -0.4 is 10.1 Å². The number of ether oxygens (including phenoxy) is 1. The van der Waals surface area contributed by atoms with E-state index >= 15 is 0 Å². The lowest BCUT2D eigenvalue weighted by molar-refractivity contribution is -0.118. The molecule has 1 aliphatic heterocycles. The Hall–Kier alpha value is -2.15. The van der Waals surface area contributed by atoms with Gasteiger partial charge in [0, 0.05) is 42.5 Å². The number of anilines is 1. The number of nitrogens with one attached hydrogen (secondary N) is 1. The van der Waals surface area contributed by atoms with Crippen LogP contribution in [0.1, 0.15) is 12.5 Å². The van der Waals surface area contributed by atoms with Crippen LogP contribution >= 0.6 is 23.8 Å². The number of carbonyl (C=O) groups excluding carboxylic acids is 1. The van der Waals surface area contributed by atoms with Crippen LogP contribution in [-0.4, -0.2) is 60.0 Å². The van der Waals surface area contributed by atoms with Gasteiger partial charge in [-0.05, 0) is 49.0 Å². The van der Waals surface area contributed by atoms with Crippen molar-refractivity contribution in [3.05, 3.63) is 59.1 Å². The number of hydrogen-bond acceptors (Lipinski definition) is 4. The van der Waals surface area contributed by atoms with E-state index in [1.807, 2.05) is 24.3 Å². The minimum Gasteiger partial charge on any atom is -0.484 e. The van der Waals surface area contributed by atoms with Crippen LogP contribution in [0.2, 0.25) is 5.02 Å². The lowest BCUT2D eigenvalue weighted by Crippen LogP contribution is -2.48. The van der Waals surface area contributed by atoms with E-state index in [-0.39, 0.29) is 12.5 Å². The molecule has 1 aliphatic rings. The van der Waals surface area contributed by atoms with Gasteiger partial charge in [-0.2, -0.15) is 0 Å². The van der Waals surface area contributed by atoms with E-state index in [1.165, 1.54) is 0 Å². The molecule has 3 rings (SSSR count). The van der Waals surface area contributed by atoms with E-state index in [0.29, 0.717) is 16.5 Å². The zero-order valence-corrected chi connectivity index (χ0v) is 17.4. The van der Waals surface area contributed by atoms with Gasteiger partial charge in [0.15, 0.2) is 6.61 Å². The smallest absolute Gasteiger partial charge is 0.262 e. The van der Waals surface area contributed by atoms with Gasteiger partial charge in [-0.1, -0.05) is 36.8 Å². The minimum atomic E-state index is -0.240. The highest BCUT2D eigenvalue weighted by atomic mass is 35.5. The van der Waals surface area contributed by atoms with Crippen molar-refractivity contribution in [2.24, 2.45) is 0 Å². The molecule has 0 atom stereocenters. The van der Waals surface area contributed by atoms with Gasteiger partial charge in [0.05, 0.1) is 0 Å². The maximum atomic E-state index is 12.0. The van der Waals surface area contributed by atoms with Crippen molar-refractivity contribution in [3.8, 4) is 5.75 Å². The number of carbonyl (C=O) groups is 1. The zero-order chi connectivity index (χ0) is 19.9. The van der Waals surface area contributed by atoms with Gasteiger partial charge in [-0.15, -0.1) is 0 Å². The first-order chi connectivity index (χ1) is 13.5. The fourth-order valence-electron chi connectivity index (χ4n) is 3.06. The number of hydrogen-bond donors (Lipinski definition) is 1. The molecule has 0 saturated carbocycles. The van der Waals surface area contributed by atoms with Crippen molar-refractivity contribution >= 4 is 40.4 Å². The molecule has 0 unspecified atom stereocenters. The van der Waals surface area contributed by atoms with Gasteiger partial charge >= 0.3 is 0 Å². The molecule has 2 aromatic carbocycles. The molecule has 0 spiro atoms. The third kappa shape index (κ3) is 5.67. The zero-order valence-electron chi connectivity index (χ0n) is 15.9. The highest BCUT2D eigenvalue weighted by Gasteiger charge is 2.18. The van der Waals surface area contributed by atoms with Gasteiger partial charge in [-0.25, -0.2) is 0 Å². The van der Waals surface area contributed by atoms with E-state index < -0.39 is 0 Å². The fourth-order valence-corrected chi connectivity index (χ4v) is 3.56. The number of nitrogens with zero attached hydrogens (tertiary/aromatic N) is 2. The normalized spacial score (nSPS) is 14.6. The van der Waals surface area contributed by atoms with Gasteiger partial charge in [0.2, 0.25) is 0 Å². The predicted octanol–water partition coefficient (Wildman–Crippen LogP) is 3.67. The molecule has 0 radical (unpaired) electrons. The summed E-state index contributed by atoms with van der Waals surface area (Å²) >= 11 is 11.6. The van der Waals surface area contributed by atoms with E-state index in [4.69, 9.17) is 28.6 Å². The molecule has 1 fully saturated rings. The molecule has 2 aromatic rings. The second-order valence-electron chi connectivity index (χ2n) is 6.60. The maximum absolute atomic E-state index is 12.0. The summed E-state index contributed by atoms with van der Waals surface area (Å²) in [6.07, 6.45) is 0. The minimum absolute atomic E-state index is 0.0741. The largest absolute Gasteiger partial charge is 0.484 e. The Morgan fingerprint density at radius 2 is 1.86 bits per heavy atom. The highest BCUT2D eigenvalue weighted by molar-refractivity contribution is 7.80. The van der Waals surface area contributed by atoms with Crippen molar-refractivity contribution in [1.29, 1.82) is 0 Å². The third-order valence-electron chi connectivity index (χ3n) is 4.69. The van der Waals surface area contributed by atoms with Crippen LogP contribution in [0.3, 0.4) is 0 Å². The lowest BCUT2D eigenvalue weighted by atomic mass is 10.2. The van der Waals surface area contributed by atoms with Crippen molar-refractivity contribution < 1.29 is 9.53 Å². The summed E-state index contributed by atoms with van der Waals surface area (Å²) in [5.41, 5.74) is 1.64. The lowest BCUT2D eigenvalue weighted by Gasteiger charge is -2.35. The second-order valence-corrected chi connectivity index (χ2v) is 7.42. The van der Waals surface area contributed by atoms with Crippen LogP contribution in [0.5, 0.6) is 5.75 Å². The Morgan fingerprint density at radius 3 is 2.50 bits per heavy atom. The van der Waals surface area contributed by atoms with Crippen LogP contribution in [0, 0.1) is 0 Å². The standard InChI is InChI=1S/C21H24ClN3O2S/c1-2-24-10-12-25(13-11-24)21(28)16-6-8-19(9-7-16)27-15-20(26)23-18-5-3-4-17(22)14-18/h3-9,14H,2,10-13,15H2,1H3,(H,23,26). The summed E-state index contributed by atoms with van der Waals surface area (Å²) in [5.74, 6) is 0.388. The molecular formula is C21H24ClN3O2S. The van der Waals surface area contributed by atoms with E-state index in [2.05, 4.69) is 22.0 Å². The molecule has 0 aromatic heterocycles. The van der Waals surface area contributed by atoms with Crippen molar-refractivity contribution in [3.63, 3.8) is 0 Å². The number of rotatable bonds is 6. The molecule has 1 heterocycles. The molecule has 7 heteroatoms. The Balaban J connectivity index is 1.49. The van der Waals surface area contributed by atoms with Crippen LogP contribution in [0.25, 0.3) is 0 Å². The van der Waals surface area contributed by atoms with Gasteiger partial charge in [0.25, 0.3) is 5.91 Å². The summed E-state index contributed by atoms with van der Waals surface area (Å²) in [7, 11) is 0. The SMILES string of the molecule is CCN1CCN(C(=S)c2ccc(OCC(=O)Nc3cccc(Cl)c3)cc2)CC1. The topological polar surface area (TPSA) is 44.8 Å². The molecule has 1 amide bonds. The van der Waals surface area contributed by atoms with Gasteiger partial charge in [-0.3, -0.25) is 4.79 Å². The molecule has 1 N–H and O–H groups in total. The summed E-state index contributed by atoms with van der Waals surface area (Å²) in [5, 5.41) is 3.32. The molecule has 0 bridgehead atoms. The number of likely N-dealkylation sites (N-methyl/N-ethyl adjacent to an activating group) is 1. The Morgan fingerprint density at radius 1 is 1.14 bits per heavy atom. The van der Waals surface area contributed by atoms with Gasteiger partial charge in [0.1, 0.15) is 10.7 Å². The monoisotopic (exact) mass is 417 g/mol. The summed E-state index contributed by atoms with van der Waals surface area (Å²) < 4.78 is 5.57. The first-order valence-electron chi connectivity index (χ1n) is 9.35. The maximum Gasteiger partial charge on any atom is 0.262 e. The summed E-state index contributed by atoms with van der Waals surface area (Å²) in [4.78, 5) is 17.5. The first-order valence-corrected chi connectivity index (χ1v) is 10.1. The number of amides is 1. The molecular weight excluding hydrogens is 394 g/mol. The molecule has 148 valence electrons. The molecule has 1 saturated heterocycles. The summed E-state index contributed by atoms with van der Waals surface area (Å²) in [6, 6.07) is 14.6. The Kier molecular flexibility index (Phi) is 7.25. The quantitative estimate of drug-likeness (QED) is 0.726. The first kappa shape index (κ1) is 20.6. The van der Waals surface area contributed by atoms with Crippen molar-refractivity contribution in [1.82, 2.24) is 9.80 Å². The average molecular weight is 418 g/mol.